The first-order valence-corrected chi connectivity index (χ1v) is 12.0. The van der Waals surface area contributed by atoms with Crippen LogP contribution in [0.5, 0.6) is 0 Å². The maximum Gasteiger partial charge on any atom is 0.265 e. The number of ether oxygens (including phenoxy) is 1. The van der Waals surface area contributed by atoms with E-state index in [1.807, 2.05) is 19.1 Å². The fraction of sp³-hybridized carbons (Fsp3) is 0.115. The van der Waals surface area contributed by atoms with Crippen LogP contribution in [0.1, 0.15) is 28.2 Å². The van der Waals surface area contributed by atoms with Crippen molar-refractivity contribution in [1.82, 2.24) is 0 Å². The lowest BCUT2D eigenvalue weighted by Gasteiger charge is -2.38. The number of rotatable bonds is 3. The topological polar surface area (TPSA) is 96.4 Å². The van der Waals surface area contributed by atoms with Gasteiger partial charge in [-0.2, -0.15) is 5.26 Å². The average Bonchev–Trinajstić information content (AvgIpc) is 2.82. The Morgan fingerprint density at radius 3 is 2.44 bits per heavy atom. The van der Waals surface area contributed by atoms with Gasteiger partial charge in [0.15, 0.2) is 5.76 Å². The zero-order valence-electron chi connectivity index (χ0n) is 18.2. The van der Waals surface area contributed by atoms with Crippen molar-refractivity contribution in [3.8, 4) is 6.07 Å². The van der Waals surface area contributed by atoms with Gasteiger partial charge in [-0.25, -0.2) is 12.8 Å². The van der Waals surface area contributed by atoms with Gasteiger partial charge in [0.05, 0.1) is 18.2 Å². The van der Waals surface area contributed by atoms with Gasteiger partial charge in [0, 0.05) is 5.56 Å². The summed E-state index contributed by atoms with van der Waals surface area (Å²) in [5.74, 6) is -1.33. The highest BCUT2D eigenvalue weighted by molar-refractivity contribution is 7.96. The van der Waals surface area contributed by atoms with Gasteiger partial charge in [-0.3, -0.25) is 4.31 Å². The Morgan fingerprint density at radius 1 is 1.06 bits per heavy atom. The van der Waals surface area contributed by atoms with Gasteiger partial charge < -0.3 is 10.5 Å². The molecular formula is C26H20FN3O3S. The molecule has 6 nitrogen and oxygen atoms in total. The van der Waals surface area contributed by atoms with E-state index in [0.29, 0.717) is 22.4 Å². The number of nitrogens with zero attached hydrogens (tertiary/aromatic N) is 2. The van der Waals surface area contributed by atoms with Crippen LogP contribution < -0.4 is 10.0 Å². The summed E-state index contributed by atoms with van der Waals surface area (Å²) in [6, 6.07) is 22.0. The third-order valence-corrected chi connectivity index (χ3v) is 7.98. The SMILES string of the molecule is Cc1ccccc1[C@@H]1C(C#N)=C(N)OC2=C1S(=O)(=O)N(Cc1ccc(F)cc1)c1ccccc12. The Labute approximate surface area is 197 Å². The van der Waals surface area contributed by atoms with Crippen molar-refractivity contribution in [3.05, 3.63) is 117 Å². The molecule has 0 radical (unpaired) electrons. The normalized spacial score (nSPS) is 18.6. The van der Waals surface area contributed by atoms with Crippen LogP contribution in [0.2, 0.25) is 0 Å². The van der Waals surface area contributed by atoms with Gasteiger partial charge in [-0.15, -0.1) is 0 Å². The average molecular weight is 474 g/mol. The minimum absolute atomic E-state index is 0.0159. The van der Waals surface area contributed by atoms with E-state index >= 15 is 0 Å². The Morgan fingerprint density at radius 2 is 1.74 bits per heavy atom. The lowest BCUT2D eigenvalue weighted by atomic mass is 9.86. The van der Waals surface area contributed by atoms with E-state index < -0.39 is 21.8 Å². The highest BCUT2D eigenvalue weighted by atomic mass is 32.2. The van der Waals surface area contributed by atoms with E-state index in [1.165, 1.54) is 16.4 Å². The van der Waals surface area contributed by atoms with Crippen LogP contribution >= 0.6 is 0 Å². The van der Waals surface area contributed by atoms with Gasteiger partial charge in [-0.1, -0.05) is 48.5 Å². The standard InChI is InChI=1S/C26H20FN3O3S/c1-16-6-2-3-7-19(16)23-21(14-28)26(29)33-24-20-8-4-5-9-22(20)30(34(31,32)25(23)24)15-17-10-12-18(27)13-11-17/h2-13,23H,15,29H2,1H3/t23-/m1/s1. The van der Waals surface area contributed by atoms with Gasteiger partial charge in [0.25, 0.3) is 10.0 Å². The number of para-hydroxylation sites is 1. The summed E-state index contributed by atoms with van der Waals surface area (Å²) in [4.78, 5) is -0.0339. The van der Waals surface area contributed by atoms with Crippen LogP contribution in [0, 0.1) is 24.1 Å². The van der Waals surface area contributed by atoms with Crippen molar-refractivity contribution >= 4 is 21.5 Å². The highest BCUT2D eigenvalue weighted by Gasteiger charge is 2.47. The molecule has 3 aromatic rings. The smallest absolute Gasteiger partial charge is 0.265 e. The summed E-state index contributed by atoms with van der Waals surface area (Å²) < 4.78 is 48.9. The number of nitriles is 1. The van der Waals surface area contributed by atoms with E-state index in [1.54, 1.807) is 48.5 Å². The first kappa shape index (κ1) is 21.7. The predicted octanol–water partition coefficient (Wildman–Crippen LogP) is 4.66. The van der Waals surface area contributed by atoms with Crippen molar-refractivity contribution in [2.75, 3.05) is 4.31 Å². The summed E-state index contributed by atoms with van der Waals surface area (Å²) in [5.41, 5.74) is 9.25. The number of benzene rings is 3. The number of aryl methyl sites for hydroxylation is 1. The fourth-order valence-electron chi connectivity index (χ4n) is 4.46. The fourth-order valence-corrected chi connectivity index (χ4v) is 6.36. The van der Waals surface area contributed by atoms with Crippen LogP contribution in [0.4, 0.5) is 10.1 Å². The number of fused-ring (bicyclic) bond motifs is 2. The molecule has 2 N–H and O–H groups in total. The summed E-state index contributed by atoms with van der Waals surface area (Å²) in [7, 11) is -4.17. The lowest BCUT2D eigenvalue weighted by molar-refractivity contribution is 0.357. The molecule has 0 fully saturated rings. The van der Waals surface area contributed by atoms with E-state index in [-0.39, 0.29) is 28.7 Å². The van der Waals surface area contributed by atoms with Gasteiger partial charge in [0.2, 0.25) is 5.88 Å². The molecule has 34 heavy (non-hydrogen) atoms. The van der Waals surface area contributed by atoms with Gasteiger partial charge in [0.1, 0.15) is 22.4 Å². The minimum Gasteiger partial charge on any atom is -0.439 e. The maximum atomic E-state index is 14.2. The molecule has 0 amide bonds. The summed E-state index contributed by atoms with van der Waals surface area (Å²) in [5, 5.41) is 9.93. The Kier molecular flexibility index (Phi) is 5.14. The molecule has 2 aliphatic rings. The van der Waals surface area contributed by atoms with E-state index in [4.69, 9.17) is 10.5 Å². The molecule has 2 aliphatic heterocycles. The molecule has 0 unspecified atom stereocenters. The summed E-state index contributed by atoms with van der Waals surface area (Å²) in [6.45, 7) is 1.84. The number of allylic oxidation sites excluding steroid dienone is 2. The maximum absolute atomic E-state index is 14.2. The highest BCUT2D eigenvalue weighted by Crippen LogP contribution is 2.51. The number of hydrogen-bond donors (Lipinski definition) is 1. The number of halogens is 1. The molecule has 170 valence electrons. The predicted molar refractivity (Wildman–Crippen MR) is 127 cm³/mol. The third kappa shape index (κ3) is 3.33. The summed E-state index contributed by atoms with van der Waals surface area (Å²) >= 11 is 0. The molecule has 0 spiro atoms. The molecule has 0 aliphatic carbocycles. The van der Waals surface area contributed by atoms with Crippen LogP contribution in [0.15, 0.2) is 89.2 Å². The largest absolute Gasteiger partial charge is 0.439 e. The van der Waals surface area contributed by atoms with Crippen molar-refractivity contribution in [2.24, 2.45) is 5.73 Å². The van der Waals surface area contributed by atoms with Crippen LogP contribution in [-0.2, 0) is 21.3 Å². The van der Waals surface area contributed by atoms with E-state index in [9.17, 15) is 18.1 Å². The Balaban J connectivity index is 1.77. The second-order valence-corrected chi connectivity index (χ2v) is 9.96. The third-order valence-electron chi connectivity index (χ3n) is 6.10. The van der Waals surface area contributed by atoms with Gasteiger partial charge >= 0.3 is 0 Å². The molecule has 0 saturated heterocycles. The van der Waals surface area contributed by atoms with Crippen molar-refractivity contribution in [3.63, 3.8) is 0 Å². The quantitative estimate of drug-likeness (QED) is 0.597. The minimum atomic E-state index is -4.17. The number of sulfonamides is 1. The zero-order chi connectivity index (χ0) is 24.0. The molecule has 0 bridgehead atoms. The van der Waals surface area contributed by atoms with E-state index in [0.717, 1.165) is 5.56 Å². The monoisotopic (exact) mass is 473 g/mol. The van der Waals surface area contributed by atoms with E-state index in [2.05, 4.69) is 6.07 Å². The summed E-state index contributed by atoms with van der Waals surface area (Å²) in [6.07, 6.45) is 0. The van der Waals surface area contributed by atoms with Crippen LogP contribution in [0.3, 0.4) is 0 Å². The Bertz CT molecular complexity index is 1520. The number of hydrogen-bond acceptors (Lipinski definition) is 5. The lowest BCUT2D eigenvalue weighted by Crippen LogP contribution is -2.39. The molecular weight excluding hydrogens is 453 g/mol. The molecule has 8 heteroatoms. The van der Waals surface area contributed by atoms with Gasteiger partial charge in [-0.05, 0) is 47.9 Å². The molecule has 0 saturated carbocycles. The Hall–Kier alpha value is -4.09. The molecule has 2 heterocycles. The second kappa shape index (κ2) is 8.04. The van der Waals surface area contributed by atoms with Crippen molar-refractivity contribution in [2.45, 2.75) is 19.4 Å². The number of nitrogens with two attached hydrogens (primary N) is 1. The number of anilines is 1. The van der Waals surface area contributed by atoms with Crippen molar-refractivity contribution in [1.29, 1.82) is 5.26 Å². The van der Waals surface area contributed by atoms with Crippen molar-refractivity contribution < 1.29 is 17.5 Å². The first-order chi connectivity index (χ1) is 16.3. The zero-order valence-corrected chi connectivity index (χ0v) is 19.0. The molecule has 5 rings (SSSR count). The molecule has 0 aromatic heterocycles. The van der Waals surface area contributed by atoms with Crippen LogP contribution in [-0.4, -0.2) is 8.42 Å². The molecule has 3 aromatic carbocycles. The first-order valence-electron chi connectivity index (χ1n) is 10.6. The second-order valence-electron chi connectivity index (χ2n) is 8.13. The van der Waals surface area contributed by atoms with Crippen LogP contribution in [0.25, 0.3) is 5.76 Å². The molecule has 1 atom stereocenters.